The third-order valence-corrected chi connectivity index (χ3v) is 6.04. The second-order valence-corrected chi connectivity index (χ2v) is 7.91. The molecule has 1 aliphatic carbocycles. The Balaban J connectivity index is 1.86. The number of unbranched alkanes of at least 4 members (excludes halogenated alkanes) is 4. The number of hydrogen-bond acceptors (Lipinski definition) is 2. The zero-order chi connectivity index (χ0) is 15.3. The maximum absolute atomic E-state index is 3.92. The highest BCUT2D eigenvalue weighted by molar-refractivity contribution is 5.04. The Kier molecular flexibility index (Phi) is 6.55. The van der Waals surface area contributed by atoms with Crippen LogP contribution in [0.2, 0.25) is 0 Å². The summed E-state index contributed by atoms with van der Waals surface area (Å²) in [6.45, 7) is 13.4. The number of rotatable bonds is 9. The molecule has 0 spiro atoms. The first-order valence-electron chi connectivity index (χ1n) is 9.59. The molecule has 0 bridgehead atoms. The quantitative estimate of drug-likeness (QED) is 0.632. The van der Waals surface area contributed by atoms with Gasteiger partial charge in [-0.3, -0.25) is 4.90 Å². The van der Waals surface area contributed by atoms with Crippen LogP contribution in [0, 0.1) is 11.8 Å². The van der Waals surface area contributed by atoms with Crippen molar-refractivity contribution < 1.29 is 0 Å². The molecule has 1 saturated carbocycles. The molecule has 124 valence electrons. The summed E-state index contributed by atoms with van der Waals surface area (Å²) in [5.74, 6) is 1.76. The fourth-order valence-electron chi connectivity index (χ4n) is 4.05. The van der Waals surface area contributed by atoms with Crippen LogP contribution in [0.4, 0.5) is 0 Å². The zero-order valence-electron chi connectivity index (χ0n) is 15.0. The molecule has 1 N–H and O–H groups in total. The van der Waals surface area contributed by atoms with Crippen molar-refractivity contribution in [2.75, 3.05) is 19.6 Å². The molecule has 2 heteroatoms. The van der Waals surface area contributed by atoms with Gasteiger partial charge in [0.25, 0.3) is 0 Å². The molecule has 3 unspecified atom stereocenters. The number of nitrogens with one attached hydrogen (secondary N) is 1. The Morgan fingerprint density at radius 1 is 1.14 bits per heavy atom. The summed E-state index contributed by atoms with van der Waals surface area (Å²) in [6, 6.07) is 0.757. The van der Waals surface area contributed by atoms with Crippen LogP contribution in [0.25, 0.3) is 0 Å². The number of nitrogens with zero attached hydrogens (tertiary/aromatic N) is 1. The first-order valence-corrected chi connectivity index (χ1v) is 9.59. The molecule has 0 amide bonds. The summed E-state index contributed by atoms with van der Waals surface area (Å²) < 4.78 is 0. The molecular weight excluding hydrogens is 256 g/mol. The second-order valence-electron chi connectivity index (χ2n) is 7.91. The van der Waals surface area contributed by atoms with Gasteiger partial charge in [-0.1, -0.05) is 52.9 Å². The highest BCUT2D eigenvalue weighted by Crippen LogP contribution is 2.42. The van der Waals surface area contributed by atoms with E-state index >= 15 is 0 Å². The Morgan fingerprint density at radius 3 is 2.48 bits per heavy atom. The highest BCUT2D eigenvalue weighted by Gasteiger charge is 2.46. The lowest BCUT2D eigenvalue weighted by Gasteiger charge is -2.48. The average molecular weight is 295 g/mol. The van der Waals surface area contributed by atoms with Gasteiger partial charge in [0.1, 0.15) is 0 Å². The van der Waals surface area contributed by atoms with Gasteiger partial charge in [-0.25, -0.2) is 0 Å². The Labute approximate surface area is 133 Å². The summed E-state index contributed by atoms with van der Waals surface area (Å²) >= 11 is 0. The molecule has 21 heavy (non-hydrogen) atoms. The Bertz CT molecular complexity index is 300. The molecule has 1 saturated heterocycles. The maximum atomic E-state index is 3.92. The lowest BCUT2D eigenvalue weighted by Crippen LogP contribution is -2.65. The van der Waals surface area contributed by atoms with Gasteiger partial charge in [-0.2, -0.15) is 0 Å². The van der Waals surface area contributed by atoms with Gasteiger partial charge in [0.15, 0.2) is 0 Å². The molecule has 3 atom stereocenters. The fraction of sp³-hybridized carbons (Fsp3) is 1.00. The Hall–Kier alpha value is -0.0800. The zero-order valence-corrected chi connectivity index (χ0v) is 15.0. The predicted octanol–water partition coefficient (Wildman–Crippen LogP) is 4.45. The fourth-order valence-corrected chi connectivity index (χ4v) is 4.05. The Morgan fingerprint density at radius 2 is 1.86 bits per heavy atom. The van der Waals surface area contributed by atoms with Gasteiger partial charge in [0.2, 0.25) is 0 Å². The van der Waals surface area contributed by atoms with Crippen molar-refractivity contribution >= 4 is 0 Å². The van der Waals surface area contributed by atoms with Crippen LogP contribution in [0.15, 0.2) is 0 Å². The summed E-state index contributed by atoms with van der Waals surface area (Å²) in [5, 5.41) is 3.92. The van der Waals surface area contributed by atoms with Crippen molar-refractivity contribution in [1.29, 1.82) is 0 Å². The maximum Gasteiger partial charge on any atom is 0.0309 e. The summed E-state index contributed by atoms with van der Waals surface area (Å²) in [6.07, 6.45) is 11.2. The molecule has 1 aliphatic heterocycles. The third-order valence-electron chi connectivity index (χ3n) is 6.04. The van der Waals surface area contributed by atoms with Gasteiger partial charge < -0.3 is 5.32 Å². The van der Waals surface area contributed by atoms with Crippen molar-refractivity contribution in [1.82, 2.24) is 10.2 Å². The van der Waals surface area contributed by atoms with E-state index in [1.54, 1.807) is 0 Å². The van der Waals surface area contributed by atoms with Crippen LogP contribution in [-0.4, -0.2) is 36.1 Å². The van der Waals surface area contributed by atoms with Crippen molar-refractivity contribution in [3.05, 3.63) is 0 Å². The van der Waals surface area contributed by atoms with E-state index in [1.807, 2.05) is 0 Å². The molecule has 2 fully saturated rings. The molecule has 0 radical (unpaired) electrons. The van der Waals surface area contributed by atoms with Crippen molar-refractivity contribution in [2.45, 2.75) is 90.6 Å². The van der Waals surface area contributed by atoms with Crippen LogP contribution >= 0.6 is 0 Å². The van der Waals surface area contributed by atoms with E-state index < -0.39 is 0 Å². The van der Waals surface area contributed by atoms with E-state index in [-0.39, 0.29) is 0 Å². The van der Waals surface area contributed by atoms with E-state index in [2.05, 4.69) is 37.9 Å². The molecule has 2 aliphatic rings. The van der Waals surface area contributed by atoms with E-state index in [0.29, 0.717) is 5.54 Å². The second kappa shape index (κ2) is 7.97. The number of hydrogen-bond donors (Lipinski definition) is 1. The van der Waals surface area contributed by atoms with Crippen molar-refractivity contribution in [3.8, 4) is 0 Å². The van der Waals surface area contributed by atoms with Crippen LogP contribution in [0.1, 0.15) is 79.1 Å². The lowest BCUT2D eigenvalue weighted by atomic mass is 9.86. The van der Waals surface area contributed by atoms with Gasteiger partial charge in [0.05, 0.1) is 0 Å². The average Bonchev–Trinajstić information content (AvgIpc) is 3.31. The molecule has 2 rings (SSSR count). The highest BCUT2D eigenvalue weighted by atomic mass is 15.3. The smallest absolute Gasteiger partial charge is 0.0309 e. The van der Waals surface area contributed by atoms with Gasteiger partial charge in [-0.15, -0.1) is 0 Å². The summed E-state index contributed by atoms with van der Waals surface area (Å²) in [7, 11) is 0. The SMILES string of the molecule is CCCCCCCN1CC(C)(C2CC2)NCC1C(C)CC. The van der Waals surface area contributed by atoms with E-state index in [0.717, 1.165) is 17.9 Å². The standard InChI is InChI=1S/C19H38N2/c1-5-7-8-9-10-13-21-15-19(4,17-11-12-17)20-14-18(21)16(3)6-2/h16-18,20H,5-15H2,1-4H3. The lowest BCUT2D eigenvalue weighted by molar-refractivity contribution is 0.0461. The molecular formula is C19H38N2. The van der Waals surface area contributed by atoms with Gasteiger partial charge in [-0.05, 0) is 44.6 Å². The van der Waals surface area contributed by atoms with Gasteiger partial charge in [0, 0.05) is 24.7 Å². The molecule has 1 heterocycles. The first kappa shape index (κ1) is 17.3. The minimum absolute atomic E-state index is 0.396. The normalized spacial score (nSPS) is 32.3. The topological polar surface area (TPSA) is 15.3 Å². The van der Waals surface area contributed by atoms with Crippen LogP contribution in [0.3, 0.4) is 0 Å². The van der Waals surface area contributed by atoms with Crippen molar-refractivity contribution in [2.24, 2.45) is 11.8 Å². The minimum atomic E-state index is 0.396. The predicted molar refractivity (Wildman–Crippen MR) is 92.7 cm³/mol. The molecule has 0 aromatic rings. The van der Waals surface area contributed by atoms with E-state index in [9.17, 15) is 0 Å². The van der Waals surface area contributed by atoms with E-state index in [4.69, 9.17) is 0 Å². The molecule has 2 nitrogen and oxygen atoms in total. The van der Waals surface area contributed by atoms with Crippen LogP contribution in [-0.2, 0) is 0 Å². The summed E-state index contributed by atoms with van der Waals surface area (Å²) in [5.41, 5.74) is 0.396. The third kappa shape index (κ3) is 4.69. The van der Waals surface area contributed by atoms with Gasteiger partial charge >= 0.3 is 0 Å². The van der Waals surface area contributed by atoms with Crippen LogP contribution < -0.4 is 5.32 Å². The van der Waals surface area contributed by atoms with Crippen molar-refractivity contribution in [3.63, 3.8) is 0 Å². The first-order chi connectivity index (χ1) is 10.1. The molecule has 0 aromatic heterocycles. The largest absolute Gasteiger partial charge is 0.308 e. The monoisotopic (exact) mass is 294 g/mol. The van der Waals surface area contributed by atoms with Crippen LogP contribution in [0.5, 0.6) is 0 Å². The molecule has 0 aromatic carbocycles. The van der Waals surface area contributed by atoms with E-state index in [1.165, 1.54) is 71.0 Å². The summed E-state index contributed by atoms with van der Waals surface area (Å²) in [4.78, 5) is 2.84. The number of piperazine rings is 1. The minimum Gasteiger partial charge on any atom is -0.308 e.